The van der Waals surface area contributed by atoms with E-state index < -0.39 is 0 Å². The molecule has 0 fully saturated rings. The first-order valence-corrected chi connectivity index (χ1v) is 6.75. The first kappa shape index (κ1) is 17.1. The van der Waals surface area contributed by atoms with Crippen molar-refractivity contribution in [1.82, 2.24) is 4.98 Å². The number of nitrogens with zero attached hydrogens (tertiary/aromatic N) is 3. The predicted molar refractivity (Wildman–Crippen MR) is 86.3 cm³/mol. The van der Waals surface area contributed by atoms with Crippen molar-refractivity contribution in [1.29, 1.82) is 0 Å². The second-order valence-corrected chi connectivity index (χ2v) is 4.23. The van der Waals surface area contributed by atoms with Crippen molar-refractivity contribution >= 4 is 29.5 Å². The third-order valence-corrected chi connectivity index (χ3v) is 2.23. The fourth-order valence-corrected chi connectivity index (χ4v) is 1.37. The average Bonchev–Trinajstić information content (AvgIpc) is 2.49. The van der Waals surface area contributed by atoms with Gasteiger partial charge in [0, 0.05) is 0 Å². The Morgan fingerprint density at radius 1 is 1.09 bits per heavy atom. The molecule has 7 nitrogen and oxygen atoms in total. The number of carbonyl (C=O) groups is 1. The number of azo groups is 1. The van der Waals surface area contributed by atoms with E-state index in [0.29, 0.717) is 29.4 Å². The molecule has 0 bridgehead atoms. The van der Waals surface area contributed by atoms with Gasteiger partial charge in [0.25, 0.3) is 6.47 Å². The number of aromatic nitrogens is 1. The van der Waals surface area contributed by atoms with Crippen molar-refractivity contribution in [3.05, 3.63) is 36.4 Å². The Balaban J connectivity index is 0.000000745. The molecule has 0 spiro atoms. The number of pyridine rings is 1. The van der Waals surface area contributed by atoms with Crippen LogP contribution in [-0.2, 0) is 4.79 Å². The van der Waals surface area contributed by atoms with Crippen LogP contribution in [0.25, 0.3) is 0 Å². The Hall–Kier alpha value is -2.96. The van der Waals surface area contributed by atoms with Crippen molar-refractivity contribution in [3.63, 3.8) is 0 Å². The molecule has 0 atom stereocenters. The van der Waals surface area contributed by atoms with E-state index in [0.717, 1.165) is 0 Å². The topological polar surface area (TPSA) is 116 Å². The van der Waals surface area contributed by atoms with Crippen LogP contribution in [0.2, 0.25) is 0 Å². The Morgan fingerprint density at radius 2 is 1.73 bits per heavy atom. The smallest absolute Gasteiger partial charge is 0.298 e. The zero-order chi connectivity index (χ0) is 16.4. The van der Waals surface area contributed by atoms with Crippen LogP contribution in [0.4, 0.5) is 23.0 Å². The SMILES string of the molecule is CCC.Nc1ccc(N=Nc2ccccc2OC=O)c(N)n1. The molecule has 2 aromatic rings. The van der Waals surface area contributed by atoms with Gasteiger partial charge in [0.1, 0.15) is 17.2 Å². The maximum absolute atomic E-state index is 10.4. The third-order valence-electron chi connectivity index (χ3n) is 2.23. The quantitative estimate of drug-likeness (QED) is 0.661. The summed E-state index contributed by atoms with van der Waals surface area (Å²) in [6.07, 6.45) is 1.25. The minimum Gasteiger partial charge on any atom is -0.426 e. The number of para-hydroxylation sites is 1. The number of benzene rings is 1. The number of nitrogen functional groups attached to an aromatic ring is 2. The van der Waals surface area contributed by atoms with Crippen LogP contribution in [0.15, 0.2) is 46.6 Å². The van der Waals surface area contributed by atoms with Gasteiger partial charge in [0.05, 0.1) is 0 Å². The second-order valence-electron chi connectivity index (χ2n) is 4.23. The lowest BCUT2D eigenvalue weighted by Gasteiger charge is -2.01. The van der Waals surface area contributed by atoms with E-state index in [-0.39, 0.29) is 5.82 Å². The molecule has 7 heteroatoms. The van der Waals surface area contributed by atoms with Gasteiger partial charge in [-0.3, -0.25) is 4.79 Å². The van der Waals surface area contributed by atoms with E-state index in [1.165, 1.54) is 6.42 Å². The number of carbonyl (C=O) groups excluding carboxylic acids is 1. The zero-order valence-electron chi connectivity index (χ0n) is 12.6. The van der Waals surface area contributed by atoms with Crippen LogP contribution in [0, 0.1) is 0 Å². The lowest BCUT2D eigenvalue weighted by molar-refractivity contribution is -0.120. The molecule has 0 aliphatic rings. The zero-order valence-corrected chi connectivity index (χ0v) is 12.6. The number of hydrogen-bond donors (Lipinski definition) is 2. The predicted octanol–water partition coefficient (Wildman–Crippen LogP) is 3.61. The Labute approximate surface area is 129 Å². The van der Waals surface area contributed by atoms with Gasteiger partial charge in [0.15, 0.2) is 11.6 Å². The molecule has 1 aromatic carbocycles. The van der Waals surface area contributed by atoms with Crippen molar-refractivity contribution in [2.75, 3.05) is 11.5 Å². The third kappa shape index (κ3) is 5.20. The highest BCUT2D eigenvalue weighted by molar-refractivity contribution is 5.61. The molecule has 0 amide bonds. The number of hydrogen-bond acceptors (Lipinski definition) is 7. The molecular formula is C15H19N5O2. The van der Waals surface area contributed by atoms with E-state index in [4.69, 9.17) is 16.2 Å². The van der Waals surface area contributed by atoms with Gasteiger partial charge in [0.2, 0.25) is 0 Å². The molecule has 1 heterocycles. The number of anilines is 2. The van der Waals surface area contributed by atoms with Gasteiger partial charge >= 0.3 is 0 Å². The van der Waals surface area contributed by atoms with E-state index in [1.54, 1.807) is 36.4 Å². The minimum absolute atomic E-state index is 0.178. The maximum Gasteiger partial charge on any atom is 0.298 e. The standard InChI is InChI=1S/C12H11N5O2.C3H8/c13-11-6-5-9(12(14)15-11)17-16-8-3-1-2-4-10(8)19-7-18;1-3-2/h1-7H,(H4,13,14,15);3H2,1-2H3. The van der Waals surface area contributed by atoms with Crippen LogP contribution in [0.1, 0.15) is 20.3 Å². The van der Waals surface area contributed by atoms with Crippen LogP contribution in [0.5, 0.6) is 5.75 Å². The van der Waals surface area contributed by atoms with E-state index in [1.807, 2.05) is 0 Å². The van der Waals surface area contributed by atoms with E-state index in [2.05, 4.69) is 29.1 Å². The summed E-state index contributed by atoms with van der Waals surface area (Å²) in [7, 11) is 0. The van der Waals surface area contributed by atoms with E-state index >= 15 is 0 Å². The molecule has 1 aromatic heterocycles. The molecular weight excluding hydrogens is 282 g/mol. The fraction of sp³-hybridized carbons (Fsp3) is 0.200. The molecule has 0 saturated heterocycles. The highest BCUT2D eigenvalue weighted by Crippen LogP contribution is 2.29. The monoisotopic (exact) mass is 301 g/mol. The molecule has 4 N–H and O–H groups in total. The minimum atomic E-state index is 0.178. The summed E-state index contributed by atoms with van der Waals surface area (Å²) >= 11 is 0. The molecule has 0 aliphatic carbocycles. The molecule has 0 radical (unpaired) electrons. The highest BCUT2D eigenvalue weighted by atomic mass is 16.5. The van der Waals surface area contributed by atoms with Crippen molar-refractivity contribution < 1.29 is 9.53 Å². The Kier molecular flexibility index (Phi) is 7.04. The summed E-state index contributed by atoms with van der Waals surface area (Å²) in [6.45, 7) is 4.58. The summed E-state index contributed by atoms with van der Waals surface area (Å²) in [5.41, 5.74) is 11.9. The maximum atomic E-state index is 10.4. The molecule has 0 unspecified atom stereocenters. The summed E-state index contributed by atoms with van der Waals surface area (Å²) in [5.74, 6) is 0.793. The fourth-order valence-electron chi connectivity index (χ4n) is 1.37. The highest BCUT2D eigenvalue weighted by Gasteiger charge is 2.03. The molecule has 2 rings (SSSR count). The summed E-state index contributed by atoms with van der Waals surface area (Å²) in [6, 6.07) is 9.90. The van der Waals surface area contributed by atoms with Crippen LogP contribution >= 0.6 is 0 Å². The van der Waals surface area contributed by atoms with Gasteiger partial charge in [-0.1, -0.05) is 32.4 Å². The normalized spacial score (nSPS) is 9.91. The van der Waals surface area contributed by atoms with Gasteiger partial charge in [-0.05, 0) is 24.3 Å². The van der Waals surface area contributed by atoms with Gasteiger partial charge in [-0.25, -0.2) is 4.98 Å². The average molecular weight is 301 g/mol. The lowest BCUT2D eigenvalue weighted by atomic mass is 10.3. The number of ether oxygens (including phenoxy) is 1. The van der Waals surface area contributed by atoms with E-state index in [9.17, 15) is 4.79 Å². The van der Waals surface area contributed by atoms with Crippen molar-refractivity contribution in [3.8, 4) is 5.75 Å². The first-order chi connectivity index (χ1) is 10.6. The van der Waals surface area contributed by atoms with Crippen LogP contribution in [0.3, 0.4) is 0 Å². The summed E-state index contributed by atoms with van der Waals surface area (Å²) in [5, 5.41) is 7.91. The van der Waals surface area contributed by atoms with Crippen LogP contribution in [-0.4, -0.2) is 11.5 Å². The molecule has 22 heavy (non-hydrogen) atoms. The lowest BCUT2D eigenvalue weighted by Crippen LogP contribution is -1.95. The Morgan fingerprint density at radius 3 is 2.36 bits per heavy atom. The summed E-state index contributed by atoms with van der Waals surface area (Å²) in [4.78, 5) is 14.2. The second kappa shape index (κ2) is 9.06. The van der Waals surface area contributed by atoms with Crippen molar-refractivity contribution in [2.45, 2.75) is 20.3 Å². The largest absolute Gasteiger partial charge is 0.426 e. The first-order valence-electron chi connectivity index (χ1n) is 6.75. The van der Waals surface area contributed by atoms with Gasteiger partial charge in [-0.2, -0.15) is 0 Å². The summed E-state index contributed by atoms with van der Waals surface area (Å²) < 4.78 is 4.77. The van der Waals surface area contributed by atoms with Crippen LogP contribution < -0.4 is 16.2 Å². The van der Waals surface area contributed by atoms with Gasteiger partial charge in [-0.15, -0.1) is 10.2 Å². The molecule has 0 saturated carbocycles. The Bertz CT molecular complexity index is 644. The number of rotatable bonds is 4. The molecule has 116 valence electrons. The molecule has 0 aliphatic heterocycles. The number of nitrogens with two attached hydrogens (primary N) is 2. The van der Waals surface area contributed by atoms with Crippen molar-refractivity contribution in [2.24, 2.45) is 10.2 Å². The van der Waals surface area contributed by atoms with Gasteiger partial charge < -0.3 is 16.2 Å².